The minimum absolute atomic E-state index is 0.243. The van der Waals surface area contributed by atoms with Gasteiger partial charge in [-0.25, -0.2) is 0 Å². The lowest BCUT2D eigenvalue weighted by atomic mass is 9.87. The van der Waals surface area contributed by atoms with Crippen molar-refractivity contribution in [3.8, 4) is 0 Å². The Bertz CT molecular complexity index is 249. The van der Waals surface area contributed by atoms with Gasteiger partial charge in [-0.15, -0.1) is 0 Å². The van der Waals surface area contributed by atoms with Gasteiger partial charge < -0.3 is 5.11 Å². The second kappa shape index (κ2) is 5.01. The maximum Gasteiger partial charge on any atom is 0.306 e. The topological polar surface area (TPSA) is 40.5 Å². The summed E-state index contributed by atoms with van der Waals surface area (Å²) in [6.07, 6.45) is 0. The first kappa shape index (κ1) is 11.8. The van der Waals surface area contributed by atoms with E-state index in [-0.39, 0.29) is 11.8 Å². The van der Waals surface area contributed by atoms with Gasteiger partial charge in [-0.2, -0.15) is 0 Å². The van der Waals surface area contributed by atoms with E-state index in [1.807, 2.05) is 0 Å². The highest BCUT2D eigenvalue weighted by Crippen LogP contribution is 2.25. The average Bonchev–Trinajstić information content (AvgIpc) is 2.08. The number of hydrogen-bond donors (Lipinski definition) is 1. The molecule has 3 nitrogen and oxygen atoms in total. The van der Waals surface area contributed by atoms with E-state index in [4.69, 9.17) is 28.3 Å². The third-order valence-electron chi connectivity index (χ3n) is 2.58. The molecule has 1 saturated heterocycles. The van der Waals surface area contributed by atoms with E-state index in [1.54, 1.807) is 6.92 Å². The normalized spacial score (nSPS) is 21.8. The number of carboxylic acids is 1. The van der Waals surface area contributed by atoms with Crippen LogP contribution in [0.2, 0.25) is 0 Å². The van der Waals surface area contributed by atoms with Gasteiger partial charge in [-0.3, -0.25) is 9.69 Å². The lowest BCUT2D eigenvalue weighted by Crippen LogP contribution is -2.51. The Kier molecular flexibility index (Phi) is 4.23. The highest BCUT2D eigenvalue weighted by atomic mass is 35.5. The lowest BCUT2D eigenvalue weighted by Gasteiger charge is -2.41. The SMILES string of the molecule is CC(C(=O)O)C1CN(CC(Cl)=CCl)C1. The molecule has 1 aliphatic heterocycles. The van der Waals surface area contributed by atoms with E-state index in [9.17, 15) is 4.79 Å². The summed E-state index contributed by atoms with van der Waals surface area (Å²) in [5.74, 6) is -0.758. The number of carboxylic acid groups (broad SMARTS) is 1. The van der Waals surface area contributed by atoms with Gasteiger partial charge in [0.2, 0.25) is 0 Å². The number of likely N-dealkylation sites (tertiary alicyclic amines) is 1. The average molecular weight is 238 g/mol. The molecule has 1 heterocycles. The van der Waals surface area contributed by atoms with Crippen LogP contribution in [0.25, 0.3) is 0 Å². The molecule has 14 heavy (non-hydrogen) atoms. The molecular formula is C9H13Cl2NO2. The van der Waals surface area contributed by atoms with Crippen molar-refractivity contribution in [2.45, 2.75) is 6.92 Å². The zero-order valence-electron chi connectivity index (χ0n) is 7.91. The van der Waals surface area contributed by atoms with Crippen LogP contribution in [0.1, 0.15) is 6.92 Å². The Hall–Kier alpha value is -0.250. The maximum absolute atomic E-state index is 10.6. The molecule has 0 spiro atoms. The molecule has 80 valence electrons. The first-order chi connectivity index (χ1) is 6.54. The molecule has 5 heteroatoms. The van der Waals surface area contributed by atoms with Gasteiger partial charge in [-0.05, 0) is 5.92 Å². The number of carbonyl (C=O) groups is 1. The van der Waals surface area contributed by atoms with Gasteiger partial charge in [0.25, 0.3) is 0 Å². The van der Waals surface area contributed by atoms with Crippen LogP contribution in [-0.2, 0) is 4.79 Å². The van der Waals surface area contributed by atoms with E-state index in [2.05, 4.69) is 4.90 Å². The van der Waals surface area contributed by atoms with Crippen molar-refractivity contribution >= 4 is 29.2 Å². The Balaban J connectivity index is 2.27. The fourth-order valence-electron chi connectivity index (χ4n) is 1.50. The lowest BCUT2D eigenvalue weighted by molar-refractivity contribution is -0.145. The van der Waals surface area contributed by atoms with Crippen LogP contribution in [-0.4, -0.2) is 35.6 Å². The van der Waals surface area contributed by atoms with E-state index in [1.165, 1.54) is 5.54 Å². The fourth-order valence-corrected chi connectivity index (χ4v) is 1.74. The van der Waals surface area contributed by atoms with Crippen LogP contribution in [0.15, 0.2) is 10.6 Å². The summed E-state index contributed by atoms with van der Waals surface area (Å²) in [5.41, 5.74) is 1.34. The molecular weight excluding hydrogens is 225 g/mol. The molecule has 1 fully saturated rings. The molecule has 1 N–H and O–H groups in total. The second-order valence-corrected chi connectivity index (χ2v) is 4.34. The van der Waals surface area contributed by atoms with Crippen LogP contribution >= 0.6 is 23.2 Å². The van der Waals surface area contributed by atoms with Crippen molar-refractivity contribution in [2.75, 3.05) is 19.6 Å². The molecule has 1 unspecified atom stereocenters. The summed E-state index contributed by atoms with van der Waals surface area (Å²) in [6.45, 7) is 3.93. The second-order valence-electron chi connectivity index (χ2n) is 3.64. The highest BCUT2D eigenvalue weighted by Gasteiger charge is 2.34. The predicted molar refractivity (Wildman–Crippen MR) is 56.5 cm³/mol. The largest absolute Gasteiger partial charge is 0.481 e. The summed E-state index contributed by atoms with van der Waals surface area (Å²) < 4.78 is 0. The Morgan fingerprint density at radius 2 is 2.29 bits per heavy atom. The van der Waals surface area contributed by atoms with Crippen LogP contribution in [0.4, 0.5) is 0 Å². The molecule has 1 rings (SSSR count). The van der Waals surface area contributed by atoms with Gasteiger partial charge in [0.1, 0.15) is 0 Å². The Morgan fingerprint density at radius 1 is 1.71 bits per heavy atom. The summed E-state index contributed by atoms with van der Waals surface area (Å²) >= 11 is 11.1. The molecule has 0 bridgehead atoms. The number of halogens is 2. The van der Waals surface area contributed by atoms with E-state index in [0.29, 0.717) is 11.6 Å². The first-order valence-corrected chi connectivity index (χ1v) is 5.26. The molecule has 0 saturated carbocycles. The van der Waals surface area contributed by atoms with E-state index >= 15 is 0 Å². The third kappa shape index (κ3) is 2.87. The minimum atomic E-state index is -0.728. The molecule has 1 aliphatic rings. The predicted octanol–water partition coefficient (Wildman–Crippen LogP) is 1.96. The van der Waals surface area contributed by atoms with Crippen molar-refractivity contribution in [3.63, 3.8) is 0 Å². The maximum atomic E-state index is 10.6. The number of hydrogen-bond acceptors (Lipinski definition) is 2. The molecule has 0 aliphatic carbocycles. The van der Waals surface area contributed by atoms with Gasteiger partial charge in [0, 0.05) is 30.2 Å². The van der Waals surface area contributed by atoms with Gasteiger partial charge in [0.15, 0.2) is 0 Å². The minimum Gasteiger partial charge on any atom is -0.481 e. The van der Waals surface area contributed by atoms with Crippen LogP contribution < -0.4 is 0 Å². The highest BCUT2D eigenvalue weighted by molar-refractivity contribution is 6.36. The van der Waals surface area contributed by atoms with E-state index < -0.39 is 5.97 Å². The third-order valence-corrected chi connectivity index (χ3v) is 3.18. The summed E-state index contributed by atoms with van der Waals surface area (Å²) in [7, 11) is 0. The van der Waals surface area contributed by atoms with Gasteiger partial charge >= 0.3 is 5.97 Å². The van der Waals surface area contributed by atoms with Crippen molar-refractivity contribution < 1.29 is 9.90 Å². The summed E-state index contributed by atoms with van der Waals surface area (Å²) in [4.78, 5) is 12.7. The number of nitrogens with zero attached hydrogens (tertiary/aromatic N) is 1. The van der Waals surface area contributed by atoms with Gasteiger partial charge in [-0.1, -0.05) is 30.1 Å². The Labute approximate surface area is 93.3 Å². The molecule has 1 atom stereocenters. The number of aliphatic carboxylic acids is 1. The molecule has 0 aromatic carbocycles. The molecule has 0 radical (unpaired) electrons. The first-order valence-electron chi connectivity index (χ1n) is 4.44. The van der Waals surface area contributed by atoms with Crippen LogP contribution in [0.3, 0.4) is 0 Å². The zero-order chi connectivity index (χ0) is 10.7. The number of rotatable bonds is 4. The van der Waals surface area contributed by atoms with Gasteiger partial charge in [0.05, 0.1) is 5.92 Å². The summed E-state index contributed by atoms with van der Waals surface area (Å²) in [5, 5.41) is 9.35. The molecule has 0 aromatic rings. The van der Waals surface area contributed by atoms with Crippen molar-refractivity contribution in [2.24, 2.45) is 11.8 Å². The fraction of sp³-hybridized carbons (Fsp3) is 0.667. The summed E-state index contributed by atoms with van der Waals surface area (Å²) in [6, 6.07) is 0. The van der Waals surface area contributed by atoms with E-state index in [0.717, 1.165) is 13.1 Å². The van der Waals surface area contributed by atoms with Crippen LogP contribution in [0.5, 0.6) is 0 Å². The molecule has 0 aromatic heterocycles. The van der Waals surface area contributed by atoms with Crippen molar-refractivity contribution in [3.05, 3.63) is 10.6 Å². The Morgan fingerprint density at radius 3 is 2.71 bits per heavy atom. The van der Waals surface area contributed by atoms with Crippen molar-refractivity contribution in [1.29, 1.82) is 0 Å². The molecule has 0 amide bonds. The monoisotopic (exact) mass is 237 g/mol. The standard InChI is InChI=1S/C9H13Cl2NO2/c1-6(9(13)14)7-3-12(4-7)5-8(11)2-10/h2,6-7H,3-5H2,1H3,(H,13,14). The van der Waals surface area contributed by atoms with Crippen molar-refractivity contribution in [1.82, 2.24) is 4.90 Å². The zero-order valence-corrected chi connectivity index (χ0v) is 9.42. The smallest absolute Gasteiger partial charge is 0.306 e. The van der Waals surface area contributed by atoms with Crippen LogP contribution in [0, 0.1) is 11.8 Å². The quantitative estimate of drug-likeness (QED) is 0.813.